The number of para-hydroxylation sites is 1. The summed E-state index contributed by atoms with van der Waals surface area (Å²) in [4.78, 5) is 27.2. The van der Waals surface area contributed by atoms with E-state index in [2.05, 4.69) is 32.6 Å². The molecule has 0 aliphatic carbocycles. The van der Waals surface area contributed by atoms with Crippen LogP contribution in [0.4, 0.5) is 5.69 Å². The lowest BCUT2D eigenvalue weighted by Gasteiger charge is -2.35. The standard InChI is InChI=1S/C15H22N4O2/c1-16-14(20)11-17-15(21)12-18-7-9-19(10-8-18)13-5-3-2-4-6-13/h2-6H,7-12H2,1H3,(H,16,20)(H,17,21). The fourth-order valence-corrected chi connectivity index (χ4v) is 2.33. The molecule has 6 heteroatoms. The molecule has 1 aromatic rings. The maximum Gasteiger partial charge on any atom is 0.239 e. The van der Waals surface area contributed by atoms with E-state index in [1.165, 1.54) is 5.69 Å². The fraction of sp³-hybridized carbons (Fsp3) is 0.467. The largest absolute Gasteiger partial charge is 0.369 e. The molecule has 1 fully saturated rings. The van der Waals surface area contributed by atoms with Gasteiger partial charge in [0.1, 0.15) is 0 Å². The van der Waals surface area contributed by atoms with E-state index in [1.807, 2.05) is 18.2 Å². The Morgan fingerprint density at radius 1 is 1.05 bits per heavy atom. The van der Waals surface area contributed by atoms with E-state index in [4.69, 9.17) is 0 Å². The lowest BCUT2D eigenvalue weighted by molar-refractivity contribution is -0.126. The summed E-state index contributed by atoms with van der Waals surface area (Å²) in [6.45, 7) is 3.91. The van der Waals surface area contributed by atoms with Gasteiger partial charge in [-0.25, -0.2) is 0 Å². The average Bonchev–Trinajstić information content (AvgIpc) is 2.54. The van der Waals surface area contributed by atoms with Gasteiger partial charge in [-0.3, -0.25) is 14.5 Å². The van der Waals surface area contributed by atoms with Gasteiger partial charge in [0, 0.05) is 38.9 Å². The number of carbonyl (C=O) groups excluding carboxylic acids is 2. The number of rotatable bonds is 5. The second-order valence-corrected chi connectivity index (χ2v) is 5.05. The molecular formula is C15H22N4O2. The number of amides is 2. The maximum atomic E-state index is 11.7. The summed E-state index contributed by atoms with van der Waals surface area (Å²) in [5, 5.41) is 5.09. The number of anilines is 1. The minimum Gasteiger partial charge on any atom is -0.369 e. The normalized spacial score (nSPS) is 15.6. The SMILES string of the molecule is CNC(=O)CNC(=O)CN1CCN(c2ccccc2)CC1. The van der Waals surface area contributed by atoms with Crippen molar-refractivity contribution >= 4 is 17.5 Å². The van der Waals surface area contributed by atoms with Crippen LogP contribution in [0.5, 0.6) is 0 Å². The number of piperazine rings is 1. The summed E-state index contributed by atoms with van der Waals surface area (Å²) >= 11 is 0. The van der Waals surface area contributed by atoms with Crippen LogP contribution in [0, 0.1) is 0 Å². The van der Waals surface area contributed by atoms with Gasteiger partial charge in [0.25, 0.3) is 0 Å². The molecule has 1 aliphatic rings. The molecule has 114 valence electrons. The van der Waals surface area contributed by atoms with Crippen LogP contribution in [-0.4, -0.2) is 63.0 Å². The molecule has 0 atom stereocenters. The minimum absolute atomic E-state index is 0.0410. The molecule has 0 saturated carbocycles. The van der Waals surface area contributed by atoms with Crippen LogP contribution in [0.15, 0.2) is 30.3 Å². The molecule has 0 bridgehead atoms. The van der Waals surface area contributed by atoms with E-state index in [9.17, 15) is 9.59 Å². The van der Waals surface area contributed by atoms with Crippen molar-refractivity contribution in [2.45, 2.75) is 0 Å². The third-order valence-corrected chi connectivity index (χ3v) is 3.59. The number of benzene rings is 1. The zero-order valence-electron chi connectivity index (χ0n) is 12.3. The molecule has 2 rings (SSSR count). The number of nitrogens with one attached hydrogen (secondary N) is 2. The number of hydrogen-bond donors (Lipinski definition) is 2. The maximum absolute atomic E-state index is 11.7. The number of likely N-dealkylation sites (N-methyl/N-ethyl adjacent to an activating group) is 1. The van der Waals surface area contributed by atoms with E-state index in [0.29, 0.717) is 6.54 Å². The summed E-state index contributed by atoms with van der Waals surface area (Å²) in [5.41, 5.74) is 1.22. The van der Waals surface area contributed by atoms with Crippen LogP contribution in [0.25, 0.3) is 0 Å². The third-order valence-electron chi connectivity index (χ3n) is 3.59. The zero-order chi connectivity index (χ0) is 15.1. The zero-order valence-corrected chi connectivity index (χ0v) is 12.3. The molecule has 1 saturated heterocycles. The molecule has 0 unspecified atom stereocenters. The number of carbonyl (C=O) groups is 2. The van der Waals surface area contributed by atoms with Crippen molar-refractivity contribution in [3.05, 3.63) is 30.3 Å². The monoisotopic (exact) mass is 290 g/mol. The summed E-state index contributed by atoms with van der Waals surface area (Å²) in [6.07, 6.45) is 0. The van der Waals surface area contributed by atoms with E-state index < -0.39 is 0 Å². The Kier molecular flexibility index (Phi) is 5.57. The summed E-state index contributed by atoms with van der Waals surface area (Å²) in [5.74, 6) is -0.288. The van der Waals surface area contributed by atoms with Crippen LogP contribution in [0.1, 0.15) is 0 Å². The first kappa shape index (κ1) is 15.3. The van der Waals surface area contributed by atoms with Gasteiger partial charge in [-0.05, 0) is 12.1 Å². The van der Waals surface area contributed by atoms with Gasteiger partial charge in [0.05, 0.1) is 13.1 Å². The Bertz CT molecular complexity index is 470. The van der Waals surface area contributed by atoms with Crippen molar-refractivity contribution < 1.29 is 9.59 Å². The van der Waals surface area contributed by atoms with Crippen LogP contribution in [-0.2, 0) is 9.59 Å². The van der Waals surface area contributed by atoms with Crippen molar-refractivity contribution in [3.8, 4) is 0 Å². The second kappa shape index (κ2) is 7.64. The van der Waals surface area contributed by atoms with Crippen molar-refractivity contribution in [2.24, 2.45) is 0 Å². The van der Waals surface area contributed by atoms with Crippen LogP contribution in [0.2, 0.25) is 0 Å². The van der Waals surface area contributed by atoms with Gasteiger partial charge in [-0.15, -0.1) is 0 Å². The summed E-state index contributed by atoms with van der Waals surface area (Å²) < 4.78 is 0. The van der Waals surface area contributed by atoms with E-state index in [1.54, 1.807) is 7.05 Å². The Balaban J connectivity index is 1.72. The van der Waals surface area contributed by atoms with Gasteiger partial charge < -0.3 is 15.5 Å². The Labute approximate surface area is 125 Å². The van der Waals surface area contributed by atoms with E-state index in [0.717, 1.165) is 26.2 Å². The highest BCUT2D eigenvalue weighted by Gasteiger charge is 2.19. The van der Waals surface area contributed by atoms with Crippen LogP contribution < -0.4 is 15.5 Å². The molecule has 0 radical (unpaired) electrons. The van der Waals surface area contributed by atoms with Gasteiger partial charge >= 0.3 is 0 Å². The smallest absolute Gasteiger partial charge is 0.239 e. The molecule has 1 heterocycles. The molecule has 1 aromatic carbocycles. The summed E-state index contributed by atoms with van der Waals surface area (Å²) in [6, 6.07) is 10.3. The average molecular weight is 290 g/mol. The summed E-state index contributed by atoms with van der Waals surface area (Å²) in [7, 11) is 1.55. The van der Waals surface area contributed by atoms with Crippen molar-refractivity contribution in [3.63, 3.8) is 0 Å². The topological polar surface area (TPSA) is 64.7 Å². The van der Waals surface area contributed by atoms with Gasteiger partial charge in [-0.2, -0.15) is 0 Å². The minimum atomic E-state index is -0.183. The first-order valence-electron chi connectivity index (χ1n) is 7.18. The molecular weight excluding hydrogens is 268 g/mol. The van der Waals surface area contributed by atoms with Gasteiger partial charge in [-0.1, -0.05) is 18.2 Å². The predicted octanol–water partition coefficient (Wildman–Crippen LogP) is -0.329. The Morgan fingerprint density at radius 3 is 2.33 bits per heavy atom. The fourth-order valence-electron chi connectivity index (χ4n) is 2.33. The van der Waals surface area contributed by atoms with Crippen molar-refractivity contribution in [1.29, 1.82) is 0 Å². The number of hydrogen-bond acceptors (Lipinski definition) is 4. The third kappa shape index (κ3) is 4.75. The predicted molar refractivity (Wildman–Crippen MR) is 82.2 cm³/mol. The molecule has 6 nitrogen and oxygen atoms in total. The van der Waals surface area contributed by atoms with E-state index in [-0.39, 0.29) is 18.4 Å². The second-order valence-electron chi connectivity index (χ2n) is 5.05. The Morgan fingerprint density at radius 2 is 1.71 bits per heavy atom. The molecule has 0 spiro atoms. The number of nitrogens with zero attached hydrogens (tertiary/aromatic N) is 2. The molecule has 2 N–H and O–H groups in total. The highest BCUT2D eigenvalue weighted by atomic mass is 16.2. The van der Waals surface area contributed by atoms with Crippen LogP contribution >= 0.6 is 0 Å². The highest BCUT2D eigenvalue weighted by molar-refractivity contribution is 5.85. The Hall–Kier alpha value is -2.08. The van der Waals surface area contributed by atoms with Gasteiger partial charge in [0.15, 0.2) is 0 Å². The highest BCUT2D eigenvalue weighted by Crippen LogP contribution is 2.15. The lowest BCUT2D eigenvalue weighted by Crippen LogP contribution is -2.50. The molecule has 1 aliphatic heterocycles. The van der Waals surface area contributed by atoms with Crippen molar-refractivity contribution in [2.75, 3.05) is 51.2 Å². The van der Waals surface area contributed by atoms with Crippen LogP contribution in [0.3, 0.4) is 0 Å². The molecule has 2 amide bonds. The molecule has 21 heavy (non-hydrogen) atoms. The molecule has 0 aromatic heterocycles. The van der Waals surface area contributed by atoms with E-state index >= 15 is 0 Å². The quantitative estimate of drug-likeness (QED) is 0.779. The lowest BCUT2D eigenvalue weighted by atomic mass is 10.2. The van der Waals surface area contributed by atoms with Crippen molar-refractivity contribution in [1.82, 2.24) is 15.5 Å². The first-order valence-corrected chi connectivity index (χ1v) is 7.18. The van der Waals surface area contributed by atoms with Gasteiger partial charge in [0.2, 0.25) is 11.8 Å². The first-order chi connectivity index (χ1) is 10.2.